The lowest BCUT2D eigenvalue weighted by atomic mass is 10.1. The summed E-state index contributed by atoms with van der Waals surface area (Å²) in [7, 11) is 0. The average Bonchev–Trinajstić information content (AvgIpc) is 2.66. The summed E-state index contributed by atoms with van der Waals surface area (Å²) in [5.41, 5.74) is 0.859. The number of hydrogen-bond donors (Lipinski definition) is 1. The van der Waals surface area contributed by atoms with Gasteiger partial charge in [0.25, 0.3) is 11.6 Å². The first-order chi connectivity index (χ1) is 13.3. The van der Waals surface area contributed by atoms with Gasteiger partial charge in [-0.1, -0.05) is 23.7 Å². The Labute approximate surface area is 171 Å². The van der Waals surface area contributed by atoms with Crippen molar-refractivity contribution in [1.29, 1.82) is 0 Å². The zero-order valence-electron chi connectivity index (χ0n) is 15.3. The number of nitrogens with one attached hydrogen (secondary N) is 1. The first-order valence-corrected chi connectivity index (χ1v) is 9.64. The molecule has 2 rings (SSSR count). The quantitative estimate of drug-likeness (QED) is 0.297. The van der Waals surface area contributed by atoms with Crippen molar-refractivity contribution in [3.05, 3.63) is 69.2 Å². The summed E-state index contributed by atoms with van der Waals surface area (Å²) in [5.74, 6) is -0.957. The van der Waals surface area contributed by atoms with E-state index in [4.69, 9.17) is 16.3 Å². The Morgan fingerprint density at radius 2 is 1.75 bits per heavy atom. The lowest BCUT2D eigenvalue weighted by Crippen LogP contribution is -2.32. The molecule has 1 amide bonds. The van der Waals surface area contributed by atoms with Gasteiger partial charge in [0.2, 0.25) is 0 Å². The predicted molar refractivity (Wildman–Crippen MR) is 107 cm³/mol. The number of carbonyl (C=O) groups is 2. The SMILES string of the molecule is CC(Sc1ccc([N+](=O)[O-])cc1)C(=O)OCC(=O)NC(C)c1ccc(Cl)cc1. The lowest BCUT2D eigenvalue weighted by molar-refractivity contribution is -0.384. The fourth-order valence-electron chi connectivity index (χ4n) is 2.27. The van der Waals surface area contributed by atoms with Gasteiger partial charge in [0, 0.05) is 22.1 Å². The second kappa shape index (κ2) is 10.1. The second-order valence-corrected chi connectivity index (χ2v) is 7.81. The number of thioether (sulfide) groups is 1. The van der Waals surface area contributed by atoms with Crippen LogP contribution in [0, 0.1) is 10.1 Å². The number of rotatable bonds is 8. The van der Waals surface area contributed by atoms with Crippen molar-refractivity contribution in [2.75, 3.05) is 6.61 Å². The average molecular weight is 423 g/mol. The molecule has 0 aliphatic rings. The Bertz CT molecular complexity index is 842. The van der Waals surface area contributed by atoms with Crippen LogP contribution in [0.1, 0.15) is 25.5 Å². The van der Waals surface area contributed by atoms with E-state index < -0.39 is 22.0 Å². The molecule has 2 atom stereocenters. The van der Waals surface area contributed by atoms with Gasteiger partial charge in [-0.2, -0.15) is 0 Å². The summed E-state index contributed by atoms with van der Waals surface area (Å²) in [6, 6.07) is 12.7. The number of benzene rings is 2. The molecule has 0 aromatic heterocycles. The molecule has 2 aromatic rings. The summed E-state index contributed by atoms with van der Waals surface area (Å²) >= 11 is 7.03. The number of nitrogens with zero attached hydrogens (tertiary/aromatic N) is 1. The normalized spacial score (nSPS) is 12.7. The Kier molecular flexibility index (Phi) is 7.83. The molecule has 0 heterocycles. The highest BCUT2D eigenvalue weighted by molar-refractivity contribution is 8.00. The van der Waals surface area contributed by atoms with Crippen LogP contribution in [0.5, 0.6) is 0 Å². The summed E-state index contributed by atoms with van der Waals surface area (Å²) in [4.78, 5) is 34.9. The zero-order chi connectivity index (χ0) is 20.7. The maximum Gasteiger partial charge on any atom is 0.319 e. The molecule has 0 bridgehead atoms. The molecule has 2 aromatic carbocycles. The lowest BCUT2D eigenvalue weighted by Gasteiger charge is -2.15. The van der Waals surface area contributed by atoms with Gasteiger partial charge >= 0.3 is 5.97 Å². The minimum absolute atomic E-state index is 0.0222. The molecule has 0 saturated carbocycles. The van der Waals surface area contributed by atoms with E-state index in [9.17, 15) is 19.7 Å². The van der Waals surface area contributed by atoms with Crippen LogP contribution in [-0.2, 0) is 14.3 Å². The van der Waals surface area contributed by atoms with Crippen molar-refractivity contribution < 1.29 is 19.2 Å². The predicted octanol–water partition coefficient (Wildman–Crippen LogP) is 4.15. The van der Waals surface area contributed by atoms with Gasteiger partial charge < -0.3 is 10.1 Å². The largest absolute Gasteiger partial charge is 0.455 e. The van der Waals surface area contributed by atoms with E-state index in [0.29, 0.717) is 9.92 Å². The molecular formula is C19H19ClN2O5S. The number of carbonyl (C=O) groups excluding carboxylic acids is 2. The van der Waals surface area contributed by atoms with Crippen molar-refractivity contribution in [3.8, 4) is 0 Å². The molecule has 2 unspecified atom stereocenters. The molecule has 28 heavy (non-hydrogen) atoms. The molecule has 148 valence electrons. The number of nitro benzene ring substituents is 1. The number of amides is 1. The number of halogens is 1. The van der Waals surface area contributed by atoms with Crippen molar-refractivity contribution in [3.63, 3.8) is 0 Å². The van der Waals surface area contributed by atoms with Crippen LogP contribution in [0.25, 0.3) is 0 Å². The number of esters is 1. The summed E-state index contributed by atoms with van der Waals surface area (Å²) in [5, 5.41) is 13.4. The standard InChI is InChI=1S/C19H19ClN2O5S/c1-12(14-3-5-15(20)6-4-14)21-18(23)11-27-19(24)13(2)28-17-9-7-16(8-10-17)22(25)26/h3-10,12-13H,11H2,1-2H3,(H,21,23). The highest BCUT2D eigenvalue weighted by atomic mass is 35.5. The van der Waals surface area contributed by atoms with E-state index >= 15 is 0 Å². The van der Waals surface area contributed by atoms with Crippen LogP contribution in [0.2, 0.25) is 5.02 Å². The molecule has 7 nitrogen and oxygen atoms in total. The Balaban J connectivity index is 1.79. The van der Waals surface area contributed by atoms with E-state index in [1.807, 2.05) is 19.1 Å². The van der Waals surface area contributed by atoms with Crippen LogP contribution < -0.4 is 5.32 Å². The van der Waals surface area contributed by atoms with Crippen molar-refractivity contribution >= 4 is 40.9 Å². The first-order valence-electron chi connectivity index (χ1n) is 8.39. The molecule has 0 aliphatic carbocycles. The highest BCUT2D eigenvalue weighted by Crippen LogP contribution is 2.26. The maximum atomic E-state index is 12.1. The summed E-state index contributed by atoms with van der Waals surface area (Å²) < 4.78 is 5.05. The van der Waals surface area contributed by atoms with Crippen molar-refractivity contribution in [2.24, 2.45) is 0 Å². The molecule has 0 saturated heterocycles. The Morgan fingerprint density at radius 3 is 2.32 bits per heavy atom. The fourth-order valence-corrected chi connectivity index (χ4v) is 3.26. The first kappa shape index (κ1) is 21.7. The topological polar surface area (TPSA) is 98.5 Å². The Morgan fingerprint density at radius 1 is 1.14 bits per heavy atom. The monoisotopic (exact) mass is 422 g/mol. The molecular weight excluding hydrogens is 404 g/mol. The van der Waals surface area contributed by atoms with Crippen LogP contribution >= 0.6 is 23.4 Å². The molecule has 9 heteroatoms. The zero-order valence-corrected chi connectivity index (χ0v) is 16.8. The van der Waals surface area contributed by atoms with Crippen LogP contribution in [0.4, 0.5) is 5.69 Å². The summed E-state index contributed by atoms with van der Waals surface area (Å²) in [6.07, 6.45) is 0. The van der Waals surface area contributed by atoms with Gasteiger partial charge in [-0.05, 0) is 43.7 Å². The molecule has 0 spiro atoms. The van der Waals surface area contributed by atoms with Gasteiger partial charge in [0.1, 0.15) is 5.25 Å². The number of nitro groups is 1. The van der Waals surface area contributed by atoms with Crippen LogP contribution in [0.15, 0.2) is 53.4 Å². The van der Waals surface area contributed by atoms with Crippen LogP contribution in [0.3, 0.4) is 0 Å². The van der Waals surface area contributed by atoms with Gasteiger partial charge in [-0.15, -0.1) is 11.8 Å². The maximum absolute atomic E-state index is 12.1. The number of ether oxygens (including phenoxy) is 1. The smallest absolute Gasteiger partial charge is 0.319 e. The van der Waals surface area contributed by atoms with Gasteiger partial charge in [-0.3, -0.25) is 19.7 Å². The third kappa shape index (κ3) is 6.54. The van der Waals surface area contributed by atoms with E-state index in [-0.39, 0.29) is 18.3 Å². The third-order valence-corrected chi connectivity index (χ3v) is 5.13. The summed E-state index contributed by atoms with van der Waals surface area (Å²) in [6.45, 7) is 3.07. The van der Waals surface area contributed by atoms with Crippen molar-refractivity contribution in [2.45, 2.75) is 30.0 Å². The van der Waals surface area contributed by atoms with Gasteiger partial charge in [-0.25, -0.2) is 0 Å². The fraction of sp³-hybridized carbons (Fsp3) is 0.263. The number of non-ortho nitro benzene ring substituents is 1. The van der Waals surface area contributed by atoms with Gasteiger partial charge in [0.15, 0.2) is 6.61 Å². The van der Waals surface area contributed by atoms with Crippen molar-refractivity contribution in [1.82, 2.24) is 5.32 Å². The third-order valence-electron chi connectivity index (χ3n) is 3.79. The number of hydrogen-bond acceptors (Lipinski definition) is 6. The minimum Gasteiger partial charge on any atom is -0.455 e. The van der Waals surface area contributed by atoms with E-state index in [2.05, 4.69) is 5.32 Å². The molecule has 0 radical (unpaired) electrons. The molecule has 0 fully saturated rings. The second-order valence-electron chi connectivity index (χ2n) is 5.96. The van der Waals surface area contributed by atoms with E-state index in [0.717, 1.165) is 5.56 Å². The van der Waals surface area contributed by atoms with Gasteiger partial charge in [0.05, 0.1) is 11.0 Å². The minimum atomic E-state index is -0.567. The van der Waals surface area contributed by atoms with E-state index in [1.54, 1.807) is 31.2 Å². The molecule has 0 aliphatic heterocycles. The Hall–Kier alpha value is -2.58. The van der Waals surface area contributed by atoms with Crippen LogP contribution in [-0.4, -0.2) is 28.7 Å². The highest BCUT2D eigenvalue weighted by Gasteiger charge is 2.18. The molecule has 1 N–H and O–H groups in total. The van der Waals surface area contributed by atoms with E-state index in [1.165, 1.54) is 23.9 Å².